The van der Waals surface area contributed by atoms with Crippen molar-refractivity contribution >= 4 is 22.9 Å². The van der Waals surface area contributed by atoms with Gasteiger partial charge in [0.2, 0.25) is 0 Å². The number of halogens is 2. The molecule has 1 rings (SSSR count). The number of rotatable bonds is 5. The van der Waals surface area contributed by atoms with Crippen molar-refractivity contribution < 1.29 is 8.78 Å². The summed E-state index contributed by atoms with van der Waals surface area (Å²) in [5.74, 6) is -1.60. The maximum atomic E-state index is 13.8. The number of thiocarbonyl (C=S) groups is 1. The molecule has 5 heteroatoms. The second-order valence-electron chi connectivity index (χ2n) is 4.56. The van der Waals surface area contributed by atoms with E-state index in [2.05, 4.69) is 17.5 Å². The van der Waals surface area contributed by atoms with E-state index in [-0.39, 0.29) is 22.3 Å². The Bertz CT molecular complexity index is 447. The van der Waals surface area contributed by atoms with Crippen molar-refractivity contribution in [3.8, 4) is 0 Å². The first-order chi connectivity index (χ1) is 8.38. The largest absolute Gasteiger partial charge is 0.389 e. The summed E-state index contributed by atoms with van der Waals surface area (Å²) in [6.45, 7) is 6.05. The maximum absolute atomic E-state index is 13.8. The molecule has 0 bridgehead atoms. The van der Waals surface area contributed by atoms with Crippen molar-refractivity contribution in [3.05, 3.63) is 29.3 Å². The fourth-order valence-electron chi connectivity index (χ4n) is 1.79. The molecule has 2 nitrogen and oxygen atoms in total. The number of hydrogen-bond donors (Lipinski definition) is 2. The van der Waals surface area contributed by atoms with Crippen LogP contribution in [0.4, 0.5) is 14.5 Å². The molecular formula is C13H18F2N2S. The van der Waals surface area contributed by atoms with Crippen LogP contribution in [-0.2, 0) is 0 Å². The Morgan fingerprint density at radius 1 is 1.33 bits per heavy atom. The lowest BCUT2D eigenvalue weighted by Crippen LogP contribution is -2.25. The first-order valence-electron chi connectivity index (χ1n) is 5.92. The lowest BCUT2D eigenvalue weighted by atomic mass is 10.0. The Hall–Kier alpha value is -1.23. The van der Waals surface area contributed by atoms with Crippen molar-refractivity contribution in [1.29, 1.82) is 0 Å². The van der Waals surface area contributed by atoms with Gasteiger partial charge in [-0.25, -0.2) is 8.78 Å². The van der Waals surface area contributed by atoms with E-state index in [4.69, 9.17) is 5.73 Å². The highest BCUT2D eigenvalue weighted by Gasteiger charge is 2.18. The quantitative estimate of drug-likeness (QED) is 0.806. The van der Waals surface area contributed by atoms with Gasteiger partial charge in [-0.05, 0) is 24.5 Å². The molecule has 0 fully saturated rings. The molecule has 0 aliphatic heterocycles. The van der Waals surface area contributed by atoms with Crippen molar-refractivity contribution in [2.24, 2.45) is 11.7 Å². The molecule has 0 heterocycles. The Morgan fingerprint density at radius 2 is 1.94 bits per heavy atom. The number of hydrogen-bond acceptors (Lipinski definition) is 2. The molecule has 0 saturated carbocycles. The topological polar surface area (TPSA) is 38.0 Å². The molecule has 18 heavy (non-hydrogen) atoms. The van der Waals surface area contributed by atoms with E-state index in [9.17, 15) is 8.78 Å². The van der Waals surface area contributed by atoms with E-state index in [0.29, 0.717) is 5.92 Å². The summed E-state index contributed by atoms with van der Waals surface area (Å²) in [5, 5.41) is 3.00. The molecule has 0 aliphatic rings. The number of nitrogens with one attached hydrogen (secondary N) is 1. The van der Waals surface area contributed by atoms with E-state index in [1.165, 1.54) is 12.1 Å². The van der Waals surface area contributed by atoms with Gasteiger partial charge in [0.1, 0.15) is 4.99 Å². The molecular weight excluding hydrogens is 254 g/mol. The molecule has 1 aromatic carbocycles. The van der Waals surface area contributed by atoms with Crippen LogP contribution in [0.2, 0.25) is 0 Å². The minimum Gasteiger partial charge on any atom is -0.389 e. The molecule has 1 atom stereocenters. The predicted molar refractivity (Wildman–Crippen MR) is 74.8 cm³/mol. The molecule has 0 saturated heterocycles. The highest BCUT2D eigenvalue weighted by Crippen LogP contribution is 2.23. The lowest BCUT2D eigenvalue weighted by Gasteiger charge is -2.22. The van der Waals surface area contributed by atoms with E-state index < -0.39 is 11.6 Å². The van der Waals surface area contributed by atoms with Gasteiger partial charge >= 0.3 is 0 Å². The molecule has 3 N–H and O–H groups in total. The molecule has 0 aliphatic carbocycles. The first-order valence-corrected chi connectivity index (χ1v) is 6.33. The molecule has 0 aromatic heterocycles. The van der Waals surface area contributed by atoms with E-state index in [0.717, 1.165) is 6.42 Å². The summed E-state index contributed by atoms with van der Waals surface area (Å²) < 4.78 is 27.5. The summed E-state index contributed by atoms with van der Waals surface area (Å²) in [5.41, 5.74) is 5.40. The van der Waals surface area contributed by atoms with Gasteiger partial charge in [-0.2, -0.15) is 0 Å². The molecule has 0 amide bonds. The lowest BCUT2D eigenvalue weighted by molar-refractivity contribution is 0.489. The van der Waals surface area contributed by atoms with Gasteiger partial charge in [-0.15, -0.1) is 0 Å². The Morgan fingerprint density at radius 3 is 2.39 bits per heavy atom. The van der Waals surface area contributed by atoms with Crippen molar-refractivity contribution in [1.82, 2.24) is 0 Å². The second-order valence-corrected chi connectivity index (χ2v) is 5.00. The van der Waals surface area contributed by atoms with Gasteiger partial charge in [0.15, 0.2) is 11.6 Å². The minimum atomic E-state index is -0.994. The van der Waals surface area contributed by atoms with Crippen LogP contribution in [0.15, 0.2) is 12.1 Å². The summed E-state index contributed by atoms with van der Waals surface area (Å²) in [6, 6.07) is 2.96. The van der Waals surface area contributed by atoms with Gasteiger partial charge in [-0.1, -0.05) is 33.0 Å². The SMILES string of the molecule is CCC(Nc1ccc(C(N)=S)c(F)c1F)C(C)C. The maximum Gasteiger partial charge on any atom is 0.182 e. The normalized spacial score (nSPS) is 12.6. The fourth-order valence-corrected chi connectivity index (χ4v) is 1.95. The van der Waals surface area contributed by atoms with Crippen LogP contribution in [0.3, 0.4) is 0 Å². The van der Waals surface area contributed by atoms with E-state index in [1.54, 1.807) is 0 Å². The highest BCUT2D eigenvalue weighted by atomic mass is 32.1. The third kappa shape index (κ3) is 3.16. The van der Waals surface area contributed by atoms with Crippen LogP contribution in [0, 0.1) is 17.6 Å². The number of nitrogens with two attached hydrogens (primary N) is 1. The Balaban J connectivity index is 3.05. The van der Waals surface area contributed by atoms with Crippen molar-refractivity contribution in [2.45, 2.75) is 33.2 Å². The fraction of sp³-hybridized carbons (Fsp3) is 0.462. The first kappa shape index (κ1) is 14.8. The summed E-state index contributed by atoms with van der Waals surface area (Å²) in [6.07, 6.45) is 0.829. The van der Waals surface area contributed by atoms with Crippen LogP contribution in [0.5, 0.6) is 0 Å². The molecule has 1 unspecified atom stereocenters. The third-order valence-electron chi connectivity index (χ3n) is 2.93. The zero-order valence-electron chi connectivity index (χ0n) is 10.8. The van der Waals surface area contributed by atoms with E-state index >= 15 is 0 Å². The van der Waals surface area contributed by atoms with E-state index in [1.807, 2.05) is 20.8 Å². The monoisotopic (exact) mass is 272 g/mol. The van der Waals surface area contributed by atoms with Crippen LogP contribution in [0.25, 0.3) is 0 Å². The average molecular weight is 272 g/mol. The van der Waals surface area contributed by atoms with Crippen LogP contribution in [-0.4, -0.2) is 11.0 Å². The van der Waals surface area contributed by atoms with Gasteiger partial charge in [0, 0.05) is 11.6 Å². The van der Waals surface area contributed by atoms with Crippen molar-refractivity contribution in [3.63, 3.8) is 0 Å². The zero-order valence-corrected chi connectivity index (χ0v) is 11.6. The number of anilines is 1. The zero-order chi connectivity index (χ0) is 13.9. The summed E-state index contributed by atoms with van der Waals surface area (Å²) >= 11 is 4.66. The average Bonchev–Trinajstić information content (AvgIpc) is 2.30. The molecule has 100 valence electrons. The highest BCUT2D eigenvalue weighted by molar-refractivity contribution is 7.80. The third-order valence-corrected chi connectivity index (χ3v) is 3.15. The predicted octanol–water partition coefficient (Wildman–Crippen LogP) is 3.45. The summed E-state index contributed by atoms with van der Waals surface area (Å²) in [7, 11) is 0. The molecule has 0 spiro atoms. The van der Waals surface area contributed by atoms with Gasteiger partial charge in [0.25, 0.3) is 0 Å². The van der Waals surface area contributed by atoms with Crippen LogP contribution >= 0.6 is 12.2 Å². The smallest absolute Gasteiger partial charge is 0.182 e. The van der Waals surface area contributed by atoms with Gasteiger partial charge in [-0.3, -0.25) is 0 Å². The molecule has 1 aromatic rings. The Kier molecular flexibility index (Phi) is 5.02. The summed E-state index contributed by atoms with van der Waals surface area (Å²) in [4.78, 5) is -0.145. The molecule has 0 radical (unpaired) electrons. The standard InChI is InChI=1S/C13H18F2N2S/c1-4-9(7(2)3)17-10-6-5-8(13(16)18)11(14)12(10)15/h5-7,9,17H,4H2,1-3H3,(H2,16,18). The van der Waals surface area contributed by atoms with Gasteiger partial charge < -0.3 is 11.1 Å². The minimum absolute atomic E-state index is 0.0642. The Labute approximate surface area is 112 Å². The van der Waals surface area contributed by atoms with Crippen molar-refractivity contribution in [2.75, 3.05) is 5.32 Å². The number of benzene rings is 1. The van der Waals surface area contributed by atoms with Crippen LogP contribution < -0.4 is 11.1 Å². The van der Waals surface area contributed by atoms with Crippen LogP contribution in [0.1, 0.15) is 32.8 Å². The second kappa shape index (κ2) is 6.09. The van der Waals surface area contributed by atoms with Gasteiger partial charge in [0.05, 0.1) is 5.69 Å².